The number of likely N-dealkylation sites (tertiary alicyclic amines) is 1. The standard InChI is InChI=1S/C8H15NO3/c1-2-4-9-5-3-7(6-9)12-8(10)11/h7H,2-6H2,1H3,(H,10,11). The van der Waals surface area contributed by atoms with E-state index in [1.165, 1.54) is 0 Å². The SMILES string of the molecule is CCCN1CCC(OC(=O)O)C1. The average Bonchev–Trinajstić information content (AvgIpc) is 2.36. The lowest BCUT2D eigenvalue weighted by molar-refractivity contribution is 0.0551. The Bertz CT molecular complexity index is 160. The molecule has 1 N–H and O–H groups in total. The van der Waals surface area contributed by atoms with Crippen molar-refractivity contribution in [2.24, 2.45) is 0 Å². The van der Waals surface area contributed by atoms with Gasteiger partial charge in [-0.2, -0.15) is 0 Å². The molecule has 1 heterocycles. The Hall–Kier alpha value is -0.770. The van der Waals surface area contributed by atoms with E-state index < -0.39 is 6.16 Å². The van der Waals surface area contributed by atoms with E-state index >= 15 is 0 Å². The van der Waals surface area contributed by atoms with Gasteiger partial charge in [-0.25, -0.2) is 4.79 Å². The molecule has 0 aromatic carbocycles. The van der Waals surface area contributed by atoms with Gasteiger partial charge in [-0.3, -0.25) is 4.90 Å². The summed E-state index contributed by atoms with van der Waals surface area (Å²) in [5.74, 6) is 0. The number of hydrogen-bond donors (Lipinski definition) is 1. The zero-order chi connectivity index (χ0) is 8.97. The quantitative estimate of drug-likeness (QED) is 0.651. The second-order valence-electron chi connectivity index (χ2n) is 3.10. The molecule has 0 saturated carbocycles. The molecular formula is C8H15NO3. The van der Waals surface area contributed by atoms with Gasteiger partial charge in [0.2, 0.25) is 0 Å². The van der Waals surface area contributed by atoms with Gasteiger partial charge in [0.25, 0.3) is 0 Å². The second kappa shape index (κ2) is 4.30. The molecule has 0 aliphatic carbocycles. The maximum atomic E-state index is 10.2. The van der Waals surface area contributed by atoms with Crippen LogP contribution in [-0.2, 0) is 4.74 Å². The molecule has 1 rings (SSSR count). The van der Waals surface area contributed by atoms with E-state index in [4.69, 9.17) is 5.11 Å². The van der Waals surface area contributed by atoms with E-state index in [1.807, 2.05) is 0 Å². The Labute approximate surface area is 72.1 Å². The van der Waals surface area contributed by atoms with Crippen LogP contribution < -0.4 is 0 Å². The van der Waals surface area contributed by atoms with E-state index in [-0.39, 0.29) is 6.10 Å². The molecule has 1 unspecified atom stereocenters. The van der Waals surface area contributed by atoms with Crippen molar-refractivity contribution < 1.29 is 14.6 Å². The summed E-state index contributed by atoms with van der Waals surface area (Å²) >= 11 is 0. The van der Waals surface area contributed by atoms with Gasteiger partial charge in [-0.15, -0.1) is 0 Å². The molecule has 1 aliphatic heterocycles. The number of rotatable bonds is 3. The minimum atomic E-state index is -1.15. The minimum Gasteiger partial charge on any atom is -0.450 e. The van der Waals surface area contributed by atoms with E-state index in [0.717, 1.165) is 32.5 Å². The number of hydrogen-bond acceptors (Lipinski definition) is 3. The first-order chi connectivity index (χ1) is 5.72. The molecule has 4 heteroatoms. The van der Waals surface area contributed by atoms with Gasteiger partial charge in [0, 0.05) is 13.1 Å². The second-order valence-corrected chi connectivity index (χ2v) is 3.10. The molecule has 1 aliphatic rings. The first-order valence-corrected chi connectivity index (χ1v) is 4.34. The Kier molecular flexibility index (Phi) is 3.34. The highest BCUT2D eigenvalue weighted by Crippen LogP contribution is 2.12. The Morgan fingerprint density at radius 2 is 2.50 bits per heavy atom. The minimum absolute atomic E-state index is 0.103. The van der Waals surface area contributed by atoms with E-state index in [9.17, 15) is 4.79 Å². The van der Waals surface area contributed by atoms with Crippen LogP contribution in [0.5, 0.6) is 0 Å². The van der Waals surface area contributed by atoms with Crippen molar-refractivity contribution in [3.05, 3.63) is 0 Å². The molecule has 1 fully saturated rings. The maximum absolute atomic E-state index is 10.2. The zero-order valence-corrected chi connectivity index (χ0v) is 7.32. The summed E-state index contributed by atoms with van der Waals surface area (Å²) in [6.07, 6.45) is 0.693. The smallest absolute Gasteiger partial charge is 0.450 e. The molecule has 0 amide bonds. The van der Waals surface area contributed by atoms with Gasteiger partial charge in [0.05, 0.1) is 0 Å². The summed E-state index contributed by atoms with van der Waals surface area (Å²) in [5, 5.41) is 8.35. The molecule has 70 valence electrons. The fourth-order valence-corrected chi connectivity index (χ4v) is 1.56. The Morgan fingerprint density at radius 1 is 1.75 bits per heavy atom. The maximum Gasteiger partial charge on any atom is 0.506 e. The molecule has 0 radical (unpaired) electrons. The van der Waals surface area contributed by atoms with Crippen LogP contribution in [0.25, 0.3) is 0 Å². The lowest BCUT2D eigenvalue weighted by atomic mass is 10.3. The fourth-order valence-electron chi connectivity index (χ4n) is 1.56. The van der Waals surface area contributed by atoms with E-state index in [1.54, 1.807) is 0 Å². The van der Waals surface area contributed by atoms with Gasteiger partial charge in [0.15, 0.2) is 0 Å². The lowest BCUT2D eigenvalue weighted by Crippen LogP contribution is -2.25. The molecule has 12 heavy (non-hydrogen) atoms. The highest BCUT2D eigenvalue weighted by atomic mass is 16.7. The Balaban J connectivity index is 2.21. The summed E-state index contributed by atoms with van der Waals surface area (Å²) in [5.41, 5.74) is 0. The predicted molar refractivity (Wildman–Crippen MR) is 44.2 cm³/mol. The molecule has 1 atom stereocenters. The largest absolute Gasteiger partial charge is 0.506 e. The van der Waals surface area contributed by atoms with Gasteiger partial charge in [-0.05, 0) is 19.4 Å². The number of carbonyl (C=O) groups is 1. The summed E-state index contributed by atoms with van der Waals surface area (Å²) < 4.78 is 4.66. The van der Waals surface area contributed by atoms with E-state index in [2.05, 4.69) is 16.6 Å². The fraction of sp³-hybridized carbons (Fsp3) is 0.875. The predicted octanol–water partition coefficient (Wildman–Crippen LogP) is 1.17. The van der Waals surface area contributed by atoms with E-state index in [0.29, 0.717) is 0 Å². The van der Waals surface area contributed by atoms with Crippen molar-refractivity contribution in [1.82, 2.24) is 4.90 Å². The van der Waals surface area contributed by atoms with Crippen LogP contribution in [-0.4, -0.2) is 41.9 Å². The van der Waals surface area contributed by atoms with Crippen LogP contribution in [0.15, 0.2) is 0 Å². The van der Waals surface area contributed by atoms with Crippen molar-refractivity contribution in [2.75, 3.05) is 19.6 Å². The molecule has 0 aromatic rings. The summed E-state index contributed by atoms with van der Waals surface area (Å²) in [6, 6.07) is 0. The van der Waals surface area contributed by atoms with Crippen molar-refractivity contribution in [3.8, 4) is 0 Å². The summed E-state index contributed by atoms with van der Waals surface area (Å²) in [6.45, 7) is 4.89. The van der Waals surface area contributed by atoms with Crippen LogP contribution in [0, 0.1) is 0 Å². The van der Waals surface area contributed by atoms with Crippen molar-refractivity contribution >= 4 is 6.16 Å². The van der Waals surface area contributed by atoms with Crippen molar-refractivity contribution in [3.63, 3.8) is 0 Å². The van der Waals surface area contributed by atoms with Gasteiger partial charge in [0.1, 0.15) is 6.10 Å². The third kappa shape index (κ3) is 2.70. The van der Waals surface area contributed by atoms with Crippen LogP contribution in [0.2, 0.25) is 0 Å². The molecule has 0 spiro atoms. The van der Waals surface area contributed by atoms with Crippen LogP contribution >= 0.6 is 0 Å². The van der Waals surface area contributed by atoms with Gasteiger partial charge in [-0.1, -0.05) is 6.92 Å². The average molecular weight is 173 g/mol. The number of carboxylic acid groups (broad SMARTS) is 1. The third-order valence-corrected chi connectivity index (χ3v) is 2.04. The number of ether oxygens (including phenoxy) is 1. The summed E-state index contributed by atoms with van der Waals surface area (Å²) in [7, 11) is 0. The van der Waals surface area contributed by atoms with Crippen molar-refractivity contribution in [2.45, 2.75) is 25.9 Å². The molecule has 1 saturated heterocycles. The van der Waals surface area contributed by atoms with Crippen molar-refractivity contribution in [1.29, 1.82) is 0 Å². The summed E-state index contributed by atoms with van der Waals surface area (Å²) in [4.78, 5) is 12.4. The molecule has 0 aromatic heterocycles. The van der Waals surface area contributed by atoms with Gasteiger partial charge < -0.3 is 9.84 Å². The normalized spacial score (nSPS) is 24.2. The van der Waals surface area contributed by atoms with Crippen LogP contribution in [0.1, 0.15) is 19.8 Å². The highest BCUT2D eigenvalue weighted by Gasteiger charge is 2.24. The topological polar surface area (TPSA) is 49.8 Å². The molecule has 0 bridgehead atoms. The zero-order valence-electron chi connectivity index (χ0n) is 7.32. The Morgan fingerprint density at radius 3 is 3.08 bits per heavy atom. The first-order valence-electron chi connectivity index (χ1n) is 4.34. The molecule has 4 nitrogen and oxygen atoms in total. The van der Waals surface area contributed by atoms with Gasteiger partial charge >= 0.3 is 6.16 Å². The first kappa shape index (κ1) is 9.32. The monoisotopic (exact) mass is 173 g/mol. The molecular weight excluding hydrogens is 158 g/mol. The third-order valence-electron chi connectivity index (χ3n) is 2.04. The highest BCUT2D eigenvalue weighted by molar-refractivity contribution is 5.57. The lowest BCUT2D eigenvalue weighted by Gasteiger charge is -2.13. The van der Waals surface area contributed by atoms with Crippen LogP contribution in [0.4, 0.5) is 4.79 Å². The number of nitrogens with zero attached hydrogens (tertiary/aromatic N) is 1. The van der Waals surface area contributed by atoms with Crippen LogP contribution in [0.3, 0.4) is 0 Å².